The standard InChI is InChI=1S/C18H24N2S/c1-20(2)17(18-8-5-11-21-18)13-19-16-10-9-14-6-3-4-7-15(14)12-16/h3-8,11,16-17,19H,9-10,12-13H2,1-2H3. The van der Waals surface area contributed by atoms with Crippen molar-refractivity contribution in [3.8, 4) is 0 Å². The van der Waals surface area contributed by atoms with Gasteiger partial charge in [0.1, 0.15) is 0 Å². The number of nitrogens with one attached hydrogen (secondary N) is 1. The summed E-state index contributed by atoms with van der Waals surface area (Å²) in [4.78, 5) is 3.76. The van der Waals surface area contributed by atoms with Gasteiger partial charge in [-0.15, -0.1) is 11.3 Å². The number of benzene rings is 1. The molecule has 2 nitrogen and oxygen atoms in total. The molecule has 0 bridgehead atoms. The van der Waals surface area contributed by atoms with Gasteiger partial charge in [-0.05, 0) is 55.9 Å². The number of fused-ring (bicyclic) bond motifs is 1. The zero-order valence-electron chi connectivity index (χ0n) is 12.9. The van der Waals surface area contributed by atoms with Crippen LogP contribution in [0.2, 0.25) is 0 Å². The van der Waals surface area contributed by atoms with E-state index in [1.54, 1.807) is 0 Å². The lowest BCUT2D eigenvalue weighted by Crippen LogP contribution is -2.39. The van der Waals surface area contributed by atoms with E-state index in [0.717, 1.165) is 6.54 Å². The van der Waals surface area contributed by atoms with Crippen LogP contribution in [0.15, 0.2) is 41.8 Å². The third kappa shape index (κ3) is 3.54. The van der Waals surface area contributed by atoms with Crippen LogP contribution in [-0.2, 0) is 12.8 Å². The molecule has 0 saturated heterocycles. The van der Waals surface area contributed by atoms with Gasteiger partial charge in [0, 0.05) is 17.5 Å². The number of likely N-dealkylation sites (N-methyl/N-ethyl adjacent to an activating group) is 1. The first-order valence-corrected chi connectivity index (χ1v) is 8.62. The summed E-state index contributed by atoms with van der Waals surface area (Å²) in [6.07, 6.45) is 3.63. The molecular weight excluding hydrogens is 276 g/mol. The second-order valence-electron chi connectivity index (χ2n) is 6.11. The van der Waals surface area contributed by atoms with E-state index >= 15 is 0 Å². The van der Waals surface area contributed by atoms with Gasteiger partial charge in [-0.25, -0.2) is 0 Å². The van der Waals surface area contributed by atoms with Crippen molar-refractivity contribution in [1.82, 2.24) is 10.2 Å². The number of hydrogen-bond acceptors (Lipinski definition) is 3. The minimum Gasteiger partial charge on any atom is -0.312 e. The summed E-state index contributed by atoms with van der Waals surface area (Å²) in [6.45, 7) is 1.03. The maximum absolute atomic E-state index is 3.80. The van der Waals surface area contributed by atoms with Gasteiger partial charge < -0.3 is 10.2 Å². The molecule has 1 heterocycles. The Morgan fingerprint density at radius 1 is 1.19 bits per heavy atom. The van der Waals surface area contributed by atoms with Crippen molar-refractivity contribution in [3.05, 3.63) is 57.8 Å². The minimum atomic E-state index is 0.474. The molecule has 2 unspecified atom stereocenters. The molecule has 2 atom stereocenters. The fraction of sp³-hybridized carbons (Fsp3) is 0.444. The number of rotatable bonds is 5. The van der Waals surface area contributed by atoms with E-state index in [2.05, 4.69) is 66.1 Å². The molecule has 1 aliphatic carbocycles. The third-order valence-electron chi connectivity index (χ3n) is 4.44. The Morgan fingerprint density at radius 2 is 2.00 bits per heavy atom. The lowest BCUT2D eigenvalue weighted by atomic mass is 9.88. The normalized spacial score (nSPS) is 19.5. The smallest absolute Gasteiger partial charge is 0.0561 e. The molecule has 0 saturated carbocycles. The molecule has 0 spiro atoms. The van der Waals surface area contributed by atoms with E-state index in [1.165, 1.54) is 35.3 Å². The van der Waals surface area contributed by atoms with Gasteiger partial charge in [0.05, 0.1) is 6.04 Å². The highest BCUT2D eigenvalue weighted by molar-refractivity contribution is 7.10. The number of nitrogens with zero attached hydrogens (tertiary/aromatic N) is 1. The van der Waals surface area contributed by atoms with Gasteiger partial charge in [-0.2, -0.15) is 0 Å². The van der Waals surface area contributed by atoms with E-state index < -0.39 is 0 Å². The average molecular weight is 300 g/mol. The monoisotopic (exact) mass is 300 g/mol. The number of thiophene rings is 1. The van der Waals surface area contributed by atoms with Crippen LogP contribution >= 0.6 is 11.3 Å². The van der Waals surface area contributed by atoms with Crippen LogP contribution in [0.4, 0.5) is 0 Å². The minimum absolute atomic E-state index is 0.474. The molecule has 1 aromatic heterocycles. The van der Waals surface area contributed by atoms with Gasteiger partial charge in [0.2, 0.25) is 0 Å². The topological polar surface area (TPSA) is 15.3 Å². The zero-order chi connectivity index (χ0) is 14.7. The molecule has 1 aliphatic rings. The molecule has 0 amide bonds. The van der Waals surface area contributed by atoms with Crippen molar-refractivity contribution in [2.45, 2.75) is 31.3 Å². The Morgan fingerprint density at radius 3 is 2.71 bits per heavy atom. The van der Waals surface area contributed by atoms with Gasteiger partial charge in [0.25, 0.3) is 0 Å². The van der Waals surface area contributed by atoms with Crippen molar-refractivity contribution in [2.75, 3.05) is 20.6 Å². The van der Waals surface area contributed by atoms with E-state index in [1.807, 2.05) is 11.3 Å². The van der Waals surface area contributed by atoms with Crippen LogP contribution in [0.5, 0.6) is 0 Å². The molecule has 1 aromatic carbocycles. The predicted octanol–water partition coefficient (Wildman–Crippen LogP) is 3.50. The van der Waals surface area contributed by atoms with Gasteiger partial charge >= 0.3 is 0 Å². The Labute approximate surface area is 131 Å². The molecule has 2 aromatic rings. The van der Waals surface area contributed by atoms with Crippen molar-refractivity contribution in [1.29, 1.82) is 0 Å². The maximum Gasteiger partial charge on any atom is 0.0561 e. The van der Waals surface area contributed by atoms with Gasteiger partial charge in [0.15, 0.2) is 0 Å². The molecule has 21 heavy (non-hydrogen) atoms. The van der Waals surface area contributed by atoms with E-state index in [-0.39, 0.29) is 0 Å². The molecule has 1 N–H and O–H groups in total. The Hall–Kier alpha value is -1.16. The van der Waals surface area contributed by atoms with Crippen LogP contribution in [-0.4, -0.2) is 31.6 Å². The van der Waals surface area contributed by atoms with E-state index in [4.69, 9.17) is 0 Å². The second-order valence-corrected chi connectivity index (χ2v) is 7.09. The lowest BCUT2D eigenvalue weighted by Gasteiger charge is -2.29. The fourth-order valence-corrected chi connectivity index (χ4v) is 4.09. The summed E-state index contributed by atoms with van der Waals surface area (Å²) in [5.41, 5.74) is 3.07. The predicted molar refractivity (Wildman–Crippen MR) is 91.0 cm³/mol. The molecule has 3 rings (SSSR count). The summed E-state index contributed by atoms with van der Waals surface area (Å²) < 4.78 is 0. The largest absolute Gasteiger partial charge is 0.312 e. The summed E-state index contributed by atoms with van der Waals surface area (Å²) in [5, 5.41) is 5.97. The maximum atomic E-state index is 3.80. The highest BCUT2D eigenvalue weighted by atomic mass is 32.1. The van der Waals surface area contributed by atoms with Gasteiger partial charge in [-0.1, -0.05) is 30.3 Å². The molecule has 0 radical (unpaired) electrons. The number of hydrogen-bond donors (Lipinski definition) is 1. The van der Waals surface area contributed by atoms with Crippen LogP contribution in [0.25, 0.3) is 0 Å². The summed E-state index contributed by atoms with van der Waals surface area (Å²) in [6, 6.07) is 14.4. The number of aryl methyl sites for hydroxylation is 1. The van der Waals surface area contributed by atoms with E-state index in [0.29, 0.717) is 12.1 Å². The fourth-order valence-electron chi connectivity index (χ4n) is 3.17. The van der Waals surface area contributed by atoms with Crippen LogP contribution in [0.3, 0.4) is 0 Å². The quantitative estimate of drug-likeness (QED) is 0.909. The first-order valence-electron chi connectivity index (χ1n) is 7.74. The Bertz CT molecular complexity index is 562. The molecule has 0 fully saturated rings. The van der Waals surface area contributed by atoms with Crippen molar-refractivity contribution in [3.63, 3.8) is 0 Å². The van der Waals surface area contributed by atoms with Crippen molar-refractivity contribution >= 4 is 11.3 Å². The van der Waals surface area contributed by atoms with Crippen LogP contribution in [0, 0.1) is 0 Å². The Kier molecular flexibility index (Phi) is 4.73. The van der Waals surface area contributed by atoms with E-state index in [9.17, 15) is 0 Å². The summed E-state index contributed by atoms with van der Waals surface area (Å²) in [5.74, 6) is 0. The summed E-state index contributed by atoms with van der Waals surface area (Å²) >= 11 is 1.85. The third-order valence-corrected chi connectivity index (χ3v) is 5.42. The lowest BCUT2D eigenvalue weighted by molar-refractivity contribution is 0.278. The summed E-state index contributed by atoms with van der Waals surface area (Å²) in [7, 11) is 4.34. The Balaban J connectivity index is 1.60. The van der Waals surface area contributed by atoms with Crippen LogP contribution in [0.1, 0.15) is 28.5 Å². The van der Waals surface area contributed by atoms with Crippen LogP contribution < -0.4 is 5.32 Å². The SMILES string of the molecule is CN(C)C(CNC1CCc2ccccc2C1)c1cccs1. The molecule has 3 heteroatoms. The van der Waals surface area contributed by atoms with Gasteiger partial charge in [-0.3, -0.25) is 0 Å². The molecule has 112 valence electrons. The highest BCUT2D eigenvalue weighted by Gasteiger charge is 2.21. The molecule has 0 aliphatic heterocycles. The highest BCUT2D eigenvalue weighted by Crippen LogP contribution is 2.24. The second kappa shape index (κ2) is 6.73. The zero-order valence-corrected chi connectivity index (χ0v) is 13.7. The van der Waals surface area contributed by atoms with Crippen molar-refractivity contribution < 1.29 is 0 Å². The average Bonchev–Trinajstić information content (AvgIpc) is 3.01. The first kappa shape index (κ1) is 14.8. The molecular formula is C18H24N2S. The van der Waals surface area contributed by atoms with Crippen molar-refractivity contribution in [2.24, 2.45) is 0 Å². The first-order chi connectivity index (χ1) is 10.2.